The zero-order chi connectivity index (χ0) is 20.5. The smallest absolute Gasteiger partial charge is 0.411 e. The Bertz CT molecular complexity index is 1200. The van der Waals surface area contributed by atoms with Crippen molar-refractivity contribution in [1.82, 2.24) is 24.7 Å². The number of anilines is 3. The van der Waals surface area contributed by atoms with Gasteiger partial charge in [0.2, 0.25) is 0 Å². The van der Waals surface area contributed by atoms with E-state index in [0.717, 1.165) is 16.2 Å². The number of pyridine rings is 1. The molecule has 0 aliphatic heterocycles. The summed E-state index contributed by atoms with van der Waals surface area (Å²) in [6.45, 7) is 0.328. The van der Waals surface area contributed by atoms with Crippen LogP contribution in [0, 0.1) is 5.13 Å². The van der Waals surface area contributed by atoms with Crippen molar-refractivity contribution in [2.24, 2.45) is 0 Å². The van der Waals surface area contributed by atoms with E-state index in [1.807, 2.05) is 6.07 Å². The van der Waals surface area contributed by atoms with Gasteiger partial charge in [-0.3, -0.25) is 5.32 Å². The van der Waals surface area contributed by atoms with Crippen LogP contribution in [0.15, 0.2) is 30.5 Å². The van der Waals surface area contributed by atoms with Crippen molar-refractivity contribution < 1.29 is 13.9 Å². The summed E-state index contributed by atoms with van der Waals surface area (Å²) in [6, 6.07) is 6.66. The van der Waals surface area contributed by atoms with Gasteiger partial charge in [0, 0.05) is 11.1 Å². The average Bonchev–Trinajstić information content (AvgIpc) is 3.28. The zero-order valence-corrected chi connectivity index (χ0v) is 15.9. The van der Waals surface area contributed by atoms with E-state index >= 15 is 0 Å². The van der Waals surface area contributed by atoms with Gasteiger partial charge in [-0.2, -0.15) is 9.49 Å². The highest BCUT2D eigenvalue weighted by molar-refractivity contribution is 7.10. The molecule has 1 amide bonds. The molecule has 0 bridgehead atoms. The molecule has 10 nitrogen and oxygen atoms in total. The van der Waals surface area contributed by atoms with Gasteiger partial charge in [-0.15, -0.1) is 11.3 Å². The largest absolute Gasteiger partial charge is 0.453 e. The third-order valence-electron chi connectivity index (χ3n) is 4.03. The quantitative estimate of drug-likeness (QED) is 0.461. The number of aromatic nitrogens is 5. The SMILES string of the molecule is COC(=O)Nc1c(N)nc(-c2nn(Cc3ccc(F)s3)c3ncccc23)nc1N. The van der Waals surface area contributed by atoms with E-state index in [4.69, 9.17) is 11.5 Å². The molecule has 0 unspecified atom stereocenters. The van der Waals surface area contributed by atoms with E-state index < -0.39 is 6.09 Å². The van der Waals surface area contributed by atoms with Crippen LogP contribution in [0.1, 0.15) is 4.88 Å². The zero-order valence-electron chi connectivity index (χ0n) is 15.1. The first-order valence-electron chi connectivity index (χ1n) is 8.30. The molecule has 4 rings (SSSR count). The number of fused-ring (bicyclic) bond motifs is 1. The fraction of sp³-hybridized carbons (Fsp3) is 0.118. The van der Waals surface area contributed by atoms with Crippen molar-refractivity contribution in [2.75, 3.05) is 23.9 Å². The number of methoxy groups -OCH3 is 1. The molecule has 0 aliphatic carbocycles. The van der Waals surface area contributed by atoms with Crippen LogP contribution in [-0.4, -0.2) is 37.9 Å². The summed E-state index contributed by atoms with van der Waals surface area (Å²) < 4.78 is 19.5. The number of carbonyl (C=O) groups is 1. The molecule has 4 aromatic heterocycles. The Kier molecular flexibility index (Phi) is 4.68. The Morgan fingerprint density at radius 1 is 1.28 bits per heavy atom. The van der Waals surface area contributed by atoms with E-state index in [-0.39, 0.29) is 28.3 Å². The second-order valence-electron chi connectivity index (χ2n) is 5.90. The number of carbonyl (C=O) groups excluding carboxylic acids is 1. The molecule has 0 saturated carbocycles. The maximum atomic E-state index is 13.3. The number of nitrogens with two attached hydrogens (primary N) is 2. The fourth-order valence-corrected chi connectivity index (χ4v) is 3.46. The highest BCUT2D eigenvalue weighted by Crippen LogP contribution is 2.30. The monoisotopic (exact) mass is 414 g/mol. The van der Waals surface area contributed by atoms with Crippen molar-refractivity contribution in [1.29, 1.82) is 0 Å². The number of halogens is 1. The Morgan fingerprint density at radius 3 is 2.69 bits per heavy atom. The standard InChI is InChI=1S/C17H15FN8O2S/c1-28-17(27)22-12-13(19)23-15(24-14(12)20)11-9-3-2-6-21-16(9)26(25-11)7-8-4-5-10(18)29-8/h2-6H,7H2,1H3,(H,22,27)(H4,19,20,23,24). The van der Waals surface area contributed by atoms with Crippen LogP contribution in [0.25, 0.3) is 22.6 Å². The molecule has 0 atom stereocenters. The summed E-state index contributed by atoms with van der Waals surface area (Å²) >= 11 is 1.03. The van der Waals surface area contributed by atoms with Crippen molar-refractivity contribution >= 4 is 45.8 Å². The van der Waals surface area contributed by atoms with Crippen LogP contribution in [0.3, 0.4) is 0 Å². The van der Waals surface area contributed by atoms with Crippen LogP contribution in [-0.2, 0) is 11.3 Å². The molecule has 0 saturated heterocycles. The summed E-state index contributed by atoms with van der Waals surface area (Å²) in [5.74, 6) is 0.0964. The molecule has 0 radical (unpaired) electrons. The lowest BCUT2D eigenvalue weighted by atomic mass is 10.2. The van der Waals surface area contributed by atoms with Gasteiger partial charge in [0.25, 0.3) is 0 Å². The number of nitrogen functional groups attached to an aromatic ring is 2. The van der Waals surface area contributed by atoms with Gasteiger partial charge in [-0.25, -0.2) is 24.4 Å². The first kappa shape index (κ1) is 18.6. The lowest BCUT2D eigenvalue weighted by molar-refractivity contribution is 0.187. The molecule has 0 aliphatic rings. The number of thiophene rings is 1. The Morgan fingerprint density at radius 2 is 2.03 bits per heavy atom. The van der Waals surface area contributed by atoms with E-state index in [2.05, 4.69) is 30.1 Å². The van der Waals surface area contributed by atoms with Crippen molar-refractivity contribution in [2.45, 2.75) is 6.54 Å². The first-order valence-corrected chi connectivity index (χ1v) is 9.12. The predicted molar refractivity (Wildman–Crippen MR) is 107 cm³/mol. The van der Waals surface area contributed by atoms with Gasteiger partial charge >= 0.3 is 6.09 Å². The van der Waals surface area contributed by atoms with Gasteiger partial charge in [-0.1, -0.05) is 0 Å². The highest BCUT2D eigenvalue weighted by atomic mass is 32.1. The minimum atomic E-state index is -0.748. The van der Waals surface area contributed by atoms with Gasteiger partial charge in [0.1, 0.15) is 11.4 Å². The summed E-state index contributed by atoms with van der Waals surface area (Å²) in [7, 11) is 1.21. The minimum absolute atomic E-state index is 0.0372. The van der Waals surface area contributed by atoms with Gasteiger partial charge in [0.05, 0.1) is 19.0 Å². The Balaban J connectivity index is 1.79. The number of nitrogens with zero attached hydrogens (tertiary/aromatic N) is 5. The molecule has 0 fully saturated rings. The maximum Gasteiger partial charge on any atom is 0.411 e. The first-order chi connectivity index (χ1) is 14.0. The second-order valence-corrected chi connectivity index (χ2v) is 7.01. The van der Waals surface area contributed by atoms with E-state index in [1.165, 1.54) is 13.2 Å². The number of amides is 1. The molecular formula is C17H15FN8O2S. The molecule has 29 heavy (non-hydrogen) atoms. The maximum absolute atomic E-state index is 13.3. The molecule has 12 heteroatoms. The number of ether oxygens (including phenoxy) is 1. The highest BCUT2D eigenvalue weighted by Gasteiger charge is 2.20. The molecule has 148 valence electrons. The fourth-order valence-electron chi connectivity index (χ4n) is 2.75. The number of rotatable bonds is 4. The molecule has 4 aromatic rings. The molecule has 0 aromatic carbocycles. The normalized spacial score (nSPS) is 11.0. The summed E-state index contributed by atoms with van der Waals surface area (Å²) in [5.41, 5.74) is 12.9. The van der Waals surface area contributed by atoms with Crippen LogP contribution in [0.5, 0.6) is 0 Å². The minimum Gasteiger partial charge on any atom is -0.453 e. The summed E-state index contributed by atoms with van der Waals surface area (Å²) in [6.07, 6.45) is 0.883. The van der Waals surface area contributed by atoms with Gasteiger partial charge < -0.3 is 16.2 Å². The van der Waals surface area contributed by atoms with E-state index in [9.17, 15) is 9.18 Å². The lowest BCUT2D eigenvalue weighted by Crippen LogP contribution is -2.16. The van der Waals surface area contributed by atoms with Crippen molar-refractivity contribution in [3.63, 3.8) is 0 Å². The summed E-state index contributed by atoms with van der Waals surface area (Å²) in [5, 5.41) is 7.32. The Hall–Kier alpha value is -3.80. The van der Waals surface area contributed by atoms with Crippen LogP contribution >= 0.6 is 11.3 Å². The van der Waals surface area contributed by atoms with Crippen LogP contribution in [0.2, 0.25) is 0 Å². The number of hydrogen-bond acceptors (Lipinski definition) is 9. The van der Waals surface area contributed by atoms with Crippen molar-refractivity contribution in [3.05, 3.63) is 40.5 Å². The molecule has 0 spiro atoms. The van der Waals surface area contributed by atoms with Crippen LogP contribution < -0.4 is 16.8 Å². The van der Waals surface area contributed by atoms with Crippen LogP contribution in [0.4, 0.5) is 26.5 Å². The number of hydrogen-bond donors (Lipinski definition) is 3. The summed E-state index contributed by atoms with van der Waals surface area (Å²) in [4.78, 5) is 25.0. The topological polar surface area (TPSA) is 147 Å². The second kappa shape index (κ2) is 7.31. The average molecular weight is 414 g/mol. The third kappa shape index (κ3) is 3.52. The molecular weight excluding hydrogens is 399 g/mol. The Labute approximate surface area is 167 Å². The molecule has 4 heterocycles. The van der Waals surface area contributed by atoms with E-state index in [1.54, 1.807) is 23.0 Å². The van der Waals surface area contributed by atoms with E-state index in [0.29, 0.717) is 23.3 Å². The van der Waals surface area contributed by atoms with Gasteiger partial charge in [-0.05, 0) is 24.3 Å². The predicted octanol–water partition coefficient (Wildman–Crippen LogP) is 2.48. The molecule has 5 N–H and O–H groups in total. The lowest BCUT2D eigenvalue weighted by Gasteiger charge is -2.09. The van der Waals surface area contributed by atoms with Gasteiger partial charge in [0.15, 0.2) is 28.2 Å². The number of nitrogens with one attached hydrogen (secondary N) is 1. The van der Waals surface area contributed by atoms with Crippen molar-refractivity contribution in [3.8, 4) is 11.5 Å². The third-order valence-corrected chi connectivity index (χ3v) is 4.89.